The van der Waals surface area contributed by atoms with Gasteiger partial charge in [0.15, 0.2) is 0 Å². The number of nitrogens with two attached hydrogens (primary N) is 1. The first-order valence-electron chi connectivity index (χ1n) is 4.64. The SMILES string of the molecule is COc1ccc2c(=O)[nH]c(CN)cc2c1. The first-order valence-corrected chi connectivity index (χ1v) is 4.64. The highest BCUT2D eigenvalue weighted by molar-refractivity contribution is 5.83. The molecule has 1 aromatic carbocycles. The van der Waals surface area contributed by atoms with E-state index in [0.717, 1.165) is 16.8 Å². The van der Waals surface area contributed by atoms with Crippen LogP contribution in [0.1, 0.15) is 5.69 Å². The first-order chi connectivity index (χ1) is 7.24. The van der Waals surface area contributed by atoms with Gasteiger partial charge in [-0.15, -0.1) is 0 Å². The zero-order chi connectivity index (χ0) is 10.8. The van der Waals surface area contributed by atoms with E-state index in [2.05, 4.69) is 4.98 Å². The van der Waals surface area contributed by atoms with E-state index in [0.29, 0.717) is 11.9 Å². The van der Waals surface area contributed by atoms with Crippen LogP contribution in [0.3, 0.4) is 0 Å². The monoisotopic (exact) mass is 204 g/mol. The van der Waals surface area contributed by atoms with Gasteiger partial charge in [-0.25, -0.2) is 0 Å². The van der Waals surface area contributed by atoms with Crippen molar-refractivity contribution in [2.45, 2.75) is 6.54 Å². The largest absolute Gasteiger partial charge is 0.497 e. The fraction of sp³-hybridized carbons (Fsp3) is 0.182. The molecule has 0 bridgehead atoms. The van der Waals surface area contributed by atoms with Crippen LogP contribution in [0.5, 0.6) is 5.75 Å². The molecule has 1 aromatic heterocycles. The van der Waals surface area contributed by atoms with Crippen molar-refractivity contribution in [1.29, 1.82) is 0 Å². The molecule has 2 aromatic rings. The maximum Gasteiger partial charge on any atom is 0.256 e. The number of ether oxygens (including phenoxy) is 1. The number of aromatic nitrogens is 1. The summed E-state index contributed by atoms with van der Waals surface area (Å²) < 4.78 is 5.09. The molecule has 0 aliphatic carbocycles. The van der Waals surface area contributed by atoms with Crippen LogP contribution >= 0.6 is 0 Å². The predicted octanol–water partition coefficient (Wildman–Crippen LogP) is 0.995. The van der Waals surface area contributed by atoms with E-state index in [1.165, 1.54) is 0 Å². The average molecular weight is 204 g/mol. The van der Waals surface area contributed by atoms with Crippen molar-refractivity contribution >= 4 is 10.8 Å². The Labute approximate surface area is 86.7 Å². The second-order valence-electron chi connectivity index (χ2n) is 3.28. The van der Waals surface area contributed by atoms with Gasteiger partial charge < -0.3 is 15.5 Å². The van der Waals surface area contributed by atoms with Gasteiger partial charge in [0.05, 0.1) is 7.11 Å². The minimum atomic E-state index is -0.115. The van der Waals surface area contributed by atoms with Crippen molar-refractivity contribution in [3.05, 3.63) is 40.3 Å². The summed E-state index contributed by atoms with van der Waals surface area (Å²) in [4.78, 5) is 14.3. The minimum Gasteiger partial charge on any atom is -0.497 e. The Morgan fingerprint density at radius 1 is 1.40 bits per heavy atom. The van der Waals surface area contributed by atoms with E-state index < -0.39 is 0 Å². The van der Waals surface area contributed by atoms with Crippen LogP contribution in [0, 0.1) is 0 Å². The molecule has 0 spiro atoms. The fourth-order valence-electron chi connectivity index (χ4n) is 1.54. The molecule has 4 nitrogen and oxygen atoms in total. The lowest BCUT2D eigenvalue weighted by Gasteiger charge is -2.03. The van der Waals surface area contributed by atoms with Gasteiger partial charge in [-0.1, -0.05) is 0 Å². The topological polar surface area (TPSA) is 68.1 Å². The van der Waals surface area contributed by atoms with Gasteiger partial charge in [-0.05, 0) is 29.7 Å². The van der Waals surface area contributed by atoms with E-state index in [-0.39, 0.29) is 5.56 Å². The van der Waals surface area contributed by atoms with E-state index >= 15 is 0 Å². The lowest BCUT2D eigenvalue weighted by Crippen LogP contribution is -2.11. The summed E-state index contributed by atoms with van der Waals surface area (Å²) in [5, 5.41) is 1.49. The molecule has 78 valence electrons. The highest BCUT2D eigenvalue weighted by atomic mass is 16.5. The van der Waals surface area contributed by atoms with Crippen molar-refractivity contribution < 1.29 is 4.74 Å². The molecule has 1 heterocycles. The summed E-state index contributed by atoms with van der Waals surface area (Å²) in [5.41, 5.74) is 6.09. The Kier molecular flexibility index (Phi) is 2.43. The summed E-state index contributed by atoms with van der Waals surface area (Å²) in [7, 11) is 1.60. The van der Waals surface area contributed by atoms with Crippen LogP contribution in [0.15, 0.2) is 29.1 Å². The smallest absolute Gasteiger partial charge is 0.256 e. The van der Waals surface area contributed by atoms with Crippen molar-refractivity contribution in [3.63, 3.8) is 0 Å². The predicted molar refractivity (Wildman–Crippen MR) is 59.0 cm³/mol. The van der Waals surface area contributed by atoms with Gasteiger partial charge in [0.25, 0.3) is 5.56 Å². The summed E-state index contributed by atoms with van der Waals surface area (Å²) in [6, 6.07) is 7.19. The lowest BCUT2D eigenvalue weighted by atomic mass is 10.1. The van der Waals surface area contributed by atoms with Crippen LogP contribution in [0.25, 0.3) is 10.8 Å². The Morgan fingerprint density at radius 3 is 2.87 bits per heavy atom. The summed E-state index contributed by atoms with van der Waals surface area (Å²) in [5.74, 6) is 0.732. The Morgan fingerprint density at radius 2 is 2.20 bits per heavy atom. The molecule has 4 heteroatoms. The van der Waals surface area contributed by atoms with Crippen LogP contribution in [0.4, 0.5) is 0 Å². The number of methoxy groups -OCH3 is 1. The van der Waals surface area contributed by atoms with Crippen LogP contribution < -0.4 is 16.0 Å². The molecule has 0 radical (unpaired) electrons. The Bertz CT molecular complexity index is 541. The summed E-state index contributed by atoms with van der Waals surface area (Å²) in [6.07, 6.45) is 0. The van der Waals surface area contributed by atoms with E-state index in [9.17, 15) is 4.79 Å². The molecule has 15 heavy (non-hydrogen) atoms. The molecule has 0 unspecified atom stereocenters. The molecule has 0 atom stereocenters. The Balaban J connectivity index is 2.75. The molecule has 0 aliphatic rings. The number of benzene rings is 1. The first kappa shape index (κ1) is 9.73. The van der Waals surface area contributed by atoms with Gasteiger partial charge in [0, 0.05) is 17.6 Å². The number of pyridine rings is 1. The van der Waals surface area contributed by atoms with Gasteiger partial charge in [0.1, 0.15) is 5.75 Å². The Hall–Kier alpha value is -1.81. The van der Waals surface area contributed by atoms with Crippen LogP contribution in [-0.4, -0.2) is 12.1 Å². The van der Waals surface area contributed by atoms with Crippen LogP contribution in [0.2, 0.25) is 0 Å². The van der Waals surface area contributed by atoms with E-state index in [1.54, 1.807) is 19.2 Å². The van der Waals surface area contributed by atoms with Gasteiger partial charge in [-0.2, -0.15) is 0 Å². The van der Waals surface area contributed by atoms with Gasteiger partial charge in [0.2, 0.25) is 0 Å². The van der Waals surface area contributed by atoms with Crippen molar-refractivity contribution in [2.24, 2.45) is 5.73 Å². The zero-order valence-electron chi connectivity index (χ0n) is 8.41. The molecular formula is C11H12N2O2. The van der Waals surface area contributed by atoms with Crippen molar-refractivity contribution in [3.8, 4) is 5.75 Å². The number of H-pyrrole nitrogens is 1. The quantitative estimate of drug-likeness (QED) is 0.766. The van der Waals surface area contributed by atoms with E-state index in [4.69, 9.17) is 10.5 Å². The average Bonchev–Trinajstić information content (AvgIpc) is 2.28. The molecule has 0 saturated heterocycles. The fourth-order valence-corrected chi connectivity index (χ4v) is 1.54. The minimum absolute atomic E-state index is 0.115. The second kappa shape index (κ2) is 3.74. The normalized spacial score (nSPS) is 10.5. The van der Waals surface area contributed by atoms with Gasteiger partial charge >= 0.3 is 0 Å². The maximum absolute atomic E-state index is 11.6. The third-order valence-corrected chi connectivity index (χ3v) is 2.33. The number of fused-ring (bicyclic) bond motifs is 1. The summed E-state index contributed by atoms with van der Waals surface area (Å²) >= 11 is 0. The maximum atomic E-state index is 11.6. The summed E-state index contributed by atoms with van der Waals surface area (Å²) in [6.45, 7) is 0.322. The number of nitrogens with one attached hydrogen (secondary N) is 1. The molecular weight excluding hydrogens is 192 g/mol. The highest BCUT2D eigenvalue weighted by Gasteiger charge is 2.02. The molecule has 0 fully saturated rings. The zero-order valence-corrected chi connectivity index (χ0v) is 8.41. The number of aromatic amines is 1. The van der Waals surface area contributed by atoms with Gasteiger partial charge in [-0.3, -0.25) is 4.79 Å². The molecule has 2 rings (SSSR count). The van der Waals surface area contributed by atoms with Crippen molar-refractivity contribution in [2.75, 3.05) is 7.11 Å². The number of hydrogen-bond acceptors (Lipinski definition) is 3. The molecule has 0 amide bonds. The standard InChI is InChI=1S/C11H12N2O2/c1-15-9-2-3-10-7(5-9)4-8(6-12)13-11(10)14/h2-5H,6,12H2,1H3,(H,13,14). The van der Waals surface area contributed by atoms with Crippen LogP contribution in [-0.2, 0) is 6.54 Å². The second-order valence-corrected chi connectivity index (χ2v) is 3.28. The van der Waals surface area contributed by atoms with Crippen molar-refractivity contribution in [1.82, 2.24) is 4.98 Å². The highest BCUT2D eigenvalue weighted by Crippen LogP contribution is 2.18. The lowest BCUT2D eigenvalue weighted by molar-refractivity contribution is 0.415. The number of rotatable bonds is 2. The third kappa shape index (κ3) is 1.71. The van der Waals surface area contributed by atoms with E-state index in [1.807, 2.05) is 12.1 Å². The molecule has 0 aliphatic heterocycles. The number of hydrogen-bond donors (Lipinski definition) is 2. The molecule has 3 N–H and O–H groups in total. The third-order valence-electron chi connectivity index (χ3n) is 2.33. The molecule has 0 saturated carbocycles.